The van der Waals surface area contributed by atoms with Crippen molar-refractivity contribution >= 4 is 22.6 Å². The first-order valence-electron chi connectivity index (χ1n) is 14.0. The van der Waals surface area contributed by atoms with Crippen LogP contribution >= 0.6 is 0 Å². The van der Waals surface area contributed by atoms with Gasteiger partial charge in [0.1, 0.15) is 5.69 Å². The van der Waals surface area contributed by atoms with Crippen LogP contribution in [0.4, 0.5) is 5.69 Å². The number of ether oxygens (including phenoxy) is 2. The number of carbonyl (C=O) groups is 1. The Morgan fingerprint density at radius 2 is 1.51 bits per heavy atom. The van der Waals surface area contributed by atoms with Gasteiger partial charge in [0.05, 0.1) is 0 Å². The summed E-state index contributed by atoms with van der Waals surface area (Å²) in [5, 5.41) is 3.44. The van der Waals surface area contributed by atoms with E-state index < -0.39 is 5.63 Å². The largest absolute Gasteiger partial charge is 0.463 e. The summed E-state index contributed by atoms with van der Waals surface area (Å²) >= 11 is 0. The summed E-state index contributed by atoms with van der Waals surface area (Å²) in [4.78, 5) is 29.6. The minimum absolute atomic E-state index is 0.0691. The number of hydrogen-bond acceptors (Lipinski definition) is 7. The number of aryl methyl sites for hydroxylation is 2. The Bertz CT molecular complexity index is 1090. The molecule has 2 aliphatic rings. The summed E-state index contributed by atoms with van der Waals surface area (Å²) in [6.07, 6.45) is 11.5. The van der Waals surface area contributed by atoms with E-state index >= 15 is 0 Å². The van der Waals surface area contributed by atoms with Gasteiger partial charge in [-0.05, 0) is 108 Å². The van der Waals surface area contributed by atoms with Gasteiger partial charge < -0.3 is 29.0 Å². The Morgan fingerprint density at radius 3 is 2.08 bits per heavy atom. The number of nitrogens with zero attached hydrogens (tertiary/aromatic N) is 2. The third-order valence-corrected chi connectivity index (χ3v) is 7.51. The van der Waals surface area contributed by atoms with Crippen LogP contribution in [-0.4, -0.2) is 68.9 Å². The molecule has 2 aliphatic heterocycles. The van der Waals surface area contributed by atoms with Crippen molar-refractivity contribution in [1.82, 2.24) is 9.80 Å². The zero-order valence-electron chi connectivity index (χ0n) is 22.6. The molecular weight excluding hydrogens is 470 g/mol. The van der Waals surface area contributed by atoms with Crippen molar-refractivity contribution in [3.05, 3.63) is 33.7 Å². The molecule has 8 nitrogen and oxygen atoms in total. The molecule has 4 rings (SSSR count). The van der Waals surface area contributed by atoms with Crippen molar-refractivity contribution in [2.75, 3.05) is 58.5 Å². The Hall–Kier alpha value is -2.42. The van der Waals surface area contributed by atoms with Gasteiger partial charge in [-0.1, -0.05) is 18.9 Å². The van der Waals surface area contributed by atoms with Crippen LogP contribution in [0.5, 0.6) is 5.75 Å². The molecule has 1 N–H and O–H groups in total. The highest BCUT2D eigenvalue weighted by Crippen LogP contribution is 2.35. The average Bonchev–Trinajstić information content (AvgIpc) is 2.90. The maximum absolute atomic E-state index is 12.8. The van der Waals surface area contributed by atoms with Crippen molar-refractivity contribution in [1.29, 1.82) is 0 Å². The van der Waals surface area contributed by atoms with Gasteiger partial charge in [0, 0.05) is 19.4 Å². The summed E-state index contributed by atoms with van der Waals surface area (Å²) in [7, 11) is 1.58. The summed E-state index contributed by atoms with van der Waals surface area (Å²) in [6.45, 7) is 8.27. The molecule has 0 unspecified atom stereocenters. The number of nitrogens with one attached hydrogen (secondary N) is 1. The fourth-order valence-electron chi connectivity index (χ4n) is 5.68. The van der Waals surface area contributed by atoms with Crippen molar-refractivity contribution in [2.45, 2.75) is 71.1 Å². The van der Waals surface area contributed by atoms with E-state index in [0.29, 0.717) is 11.3 Å². The Morgan fingerprint density at radius 1 is 0.919 bits per heavy atom. The highest BCUT2D eigenvalue weighted by atomic mass is 16.7. The van der Waals surface area contributed by atoms with Crippen LogP contribution in [-0.2, 0) is 22.4 Å². The monoisotopic (exact) mass is 513 g/mol. The van der Waals surface area contributed by atoms with E-state index in [1.54, 1.807) is 13.2 Å². The van der Waals surface area contributed by atoms with E-state index in [4.69, 9.17) is 13.9 Å². The molecule has 2 saturated heterocycles. The number of methoxy groups -OCH3 is 1. The van der Waals surface area contributed by atoms with Crippen molar-refractivity contribution < 1.29 is 18.7 Å². The molecule has 0 spiro atoms. The number of carbonyl (C=O) groups excluding carboxylic acids is 1. The van der Waals surface area contributed by atoms with Gasteiger partial charge in [0.15, 0.2) is 18.1 Å². The van der Waals surface area contributed by atoms with Gasteiger partial charge in [-0.25, -0.2) is 4.79 Å². The van der Waals surface area contributed by atoms with Gasteiger partial charge in [0.25, 0.3) is 0 Å². The molecular formula is C29H43N3O5. The third kappa shape index (κ3) is 7.79. The molecule has 2 fully saturated rings. The molecule has 1 aromatic carbocycles. The molecule has 8 heteroatoms. The molecule has 0 saturated carbocycles. The predicted octanol–water partition coefficient (Wildman–Crippen LogP) is 4.57. The molecule has 3 heterocycles. The second-order valence-corrected chi connectivity index (χ2v) is 10.5. The number of amides is 1. The number of piperidine rings is 2. The lowest BCUT2D eigenvalue weighted by Gasteiger charge is -2.27. The molecule has 37 heavy (non-hydrogen) atoms. The average molecular weight is 514 g/mol. The van der Waals surface area contributed by atoms with Crippen LogP contribution < -0.4 is 15.7 Å². The summed E-state index contributed by atoms with van der Waals surface area (Å²) in [5.41, 5.74) is 2.20. The molecule has 0 radical (unpaired) electrons. The van der Waals surface area contributed by atoms with E-state index in [0.717, 1.165) is 55.3 Å². The lowest BCUT2D eigenvalue weighted by atomic mass is 9.97. The molecule has 0 aliphatic carbocycles. The second kappa shape index (κ2) is 13.9. The number of hydrogen-bond donors (Lipinski definition) is 1. The summed E-state index contributed by atoms with van der Waals surface area (Å²) in [6, 6.07) is 3.97. The SMILES string of the molecule is COCOc1c(CCCN2CCCCC2)cc(CCCN2CCCCC2)c2cc(NC(C)=O)c(=O)oc12. The van der Waals surface area contributed by atoms with Crippen LogP contribution in [0.25, 0.3) is 11.0 Å². The molecule has 2 aromatic rings. The van der Waals surface area contributed by atoms with Crippen LogP contribution in [0.3, 0.4) is 0 Å². The van der Waals surface area contributed by atoms with Gasteiger partial charge in [-0.3, -0.25) is 4.79 Å². The normalized spacial score (nSPS) is 17.2. The zero-order chi connectivity index (χ0) is 26.0. The van der Waals surface area contributed by atoms with Gasteiger partial charge in [-0.15, -0.1) is 0 Å². The first-order chi connectivity index (χ1) is 18.0. The fraction of sp³-hybridized carbons (Fsp3) is 0.655. The van der Waals surface area contributed by atoms with Crippen molar-refractivity contribution in [3.8, 4) is 5.75 Å². The van der Waals surface area contributed by atoms with Crippen LogP contribution in [0.2, 0.25) is 0 Å². The topological polar surface area (TPSA) is 84.3 Å². The minimum Gasteiger partial charge on any atom is -0.463 e. The number of anilines is 1. The van der Waals surface area contributed by atoms with Crippen LogP contribution in [0.1, 0.15) is 69.4 Å². The van der Waals surface area contributed by atoms with E-state index in [9.17, 15) is 9.59 Å². The standard InChI is InChI=1S/C29H43N3O5/c1-22(33)30-26-20-25-23(11-9-17-31-13-5-3-6-14-31)19-24(12-10-18-32-15-7-4-8-16-32)27(36-21-35-2)28(25)37-29(26)34/h19-20H,3-18,21H2,1-2H3,(H,30,33). The Labute approximate surface area is 220 Å². The lowest BCUT2D eigenvalue weighted by molar-refractivity contribution is -0.114. The van der Waals surface area contributed by atoms with E-state index in [2.05, 4.69) is 21.2 Å². The number of rotatable bonds is 12. The van der Waals surface area contributed by atoms with Gasteiger partial charge in [0.2, 0.25) is 5.91 Å². The molecule has 204 valence electrons. The van der Waals surface area contributed by atoms with E-state index in [1.807, 2.05) is 0 Å². The lowest BCUT2D eigenvalue weighted by Crippen LogP contribution is -2.30. The van der Waals surface area contributed by atoms with Crippen molar-refractivity contribution in [3.63, 3.8) is 0 Å². The Kier molecular flexibility index (Phi) is 10.4. The summed E-state index contributed by atoms with van der Waals surface area (Å²) < 4.78 is 17.0. The van der Waals surface area contributed by atoms with E-state index in [-0.39, 0.29) is 18.4 Å². The first-order valence-corrected chi connectivity index (χ1v) is 14.0. The smallest absolute Gasteiger partial charge is 0.360 e. The molecule has 0 bridgehead atoms. The highest BCUT2D eigenvalue weighted by Gasteiger charge is 2.20. The molecule has 1 aromatic heterocycles. The van der Waals surface area contributed by atoms with Crippen LogP contribution in [0, 0.1) is 0 Å². The third-order valence-electron chi connectivity index (χ3n) is 7.51. The maximum Gasteiger partial charge on any atom is 0.360 e. The minimum atomic E-state index is -0.574. The Balaban J connectivity index is 1.63. The van der Waals surface area contributed by atoms with Gasteiger partial charge in [-0.2, -0.15) is 0 Å². The number of fused-ring (bicyclic) bond motifs is 1. The van der Waals surface area contributed by atoms with Gasteiger partial charge >= 0.3 is 5.63 Å². The first kappa shape index (κ1) is 27.6. The fourth-order valence-corrected chi connectivity index (χ4v) is 5.68. The van der Waals surface area contributed by atoms with Crippen molar-refractivity contribution in [2.24, 2.45) is 0 Å². The maximum atomic E-state index is 12.8. The van der Waals surface area contributed by atoms with E-state index in [1.165, 1.54) is 71.6 Å². The second-order valence-electron chi connectivity index (χ2n) is 10.5. The highest BCUT2D eigenvalue weighted by molar-refractivity contribution is 5.93. The molecule has 0 atom stereocenters. The zero-order valence-corrected chi connectivity index (χ0v) is 22.6. The summed E-state index contributed by atoms with van der Waals surface area (Å²) in [5.74, 6) is 0.269. The number of benzene rings is 1. The number of likely N-dealkylation sites (tertiary alicyclic amines) is 2. The molecule has 1 amide bonds. The quantitative estimate of drug-likeness (QED) is 0.329. The predicted molar refractivity (Wildman–Crippen MR) is 147 cm³/mol. The van der Waals surface area contributed by atoms with Crippen LogP contribution in [0.15, 0.2) is 21.3 Å².